The van der Waals surface area contributed by atoms with Crippen molar-refractivity contribution >= 4 is 0 Å². The molecule has 2 nitrogen and oxygen atoms in total. The molecule has 1 heterocycles. The monoisotopic (exact) mass is 289 g/mol. The van der Waals surface area contributed by atoms with E-state index in [2.05, 4.69) is 64.2 Å². The maximum Gasteiger partial charge on any atom is 0.0619 e. The van der Waals surface area contributed by atoms with Gasteiger partial charge < -0.3 is 10.1 Å². The zero-order valence-electron chi connectivity index (χ0n) is 14.3. The maximum atomic E-state index is 5.88. The molecule has 2 atom stereocenters. The number of benzene rings is 1. The van der Waals surface area contributed by atoms with Gasteiger partial charge in [-0.05, 0) is 42.9 Å². The van der Waals surface area contributed by atoms with Gasteiger partial charge in [0, 0.05) is 18.6 Å². The summed E-state index contributed by atoms with van der Waals surface area (Å²) in [5.74, 6) is 0. The highest BCUT2D eigenvalue weighted by Crippen LogP contribution is 2.38. The van der Waals surface area contributed by atoms with Crippen LogP contribution in [0.2, 0.25) is 0 Å². The molecule has 1 aromatic rings. The summed E-state index contributed by atoms with van der Waals surface area (Å²) in [6.07, 6.45) is 2.59. The molecule has 0 spiro atoms. The molecule has 1 N–H and O–H groups in total. The molecule has 0 radical (unpaired) electrons. The Balaban J connectivity index is 2.14. The molecule has 0 bridgehead atoms. The topological polar surface area (TPSA) is 21.3 Å². The predicted molar refractivity (Wildman–Crippen MR) is 89.9 cm³/mol. The molecular formula is C19H31NO. The zero-order chi connectivity index (χ0) is 15.5. The first kappa shape index (κ1) is 16.5. The van der Waals surface area contributed by atoms with Gasteiger partial charge in [-0.25, -0.2) is 0 Å². The molecule has 2 unspecified atom stereocenters. The van der Waals surface area contributed by atoms with E-state index in [1.165, 1.54) is 11.1 Å². The Kier molecular flexibility index (Phi) is 5.11. The molecule has 0 aliphatic carbocycles. The highest BCUT2D eigenvalue weighted by Gasteiger charge is 2.41. The van der Waals surface area contributed by atoms with Crippen LogP contribution in [0.25, 0.3) is 0 Å². The van der Waals surface area contributed by atoms with Crippen LogP contribution in [0.5, 0.6) is 0 Å². The smallest absolute Gasteiger partial charge is 0.0619 e. The highest BCUT2D eigenvalue weighted by molar-refractivity contribution is 5.28. The fourth-order valence-corrected chi connectivity index (χ4v) is 3.25. The molecule has 1 saturated heterocycles. The second-order valence-corrected chi connectivity index (χ2v) is 7.53. The van der Waals surface area contributed by atoms with Crippen molar-refractivity contribution in [3.8, 4) is 0 Å². The van der Waals surface area contributed by atoms with Gasteiger partial charge in [-0.15, -0.1) is 0 Å². The molecule has 1 aliphatic heterocycles. The second-order valence-electron chi connectivity index (χ2n) is 7.53. The van der Waals surface area contributed by atoms with Gasteiger partial charge in [-0.2, -0.15) is 0 Å². The van der Waals surface area contributed by atoms with Gasteiger partial charge in [0.25, 0.3) is 0 Å². The third-order valence-electron chi connectivity index (χ3n) is 4.93. The average Bonchev–Trinajstić information content (AvgIpc) is 2.78. The summed E-state index contributed by atoms with van der Waals surface area (Å²) in [7, 11) is 0. The molecule has 0 aromatic heterocycles. The minimum absolute atomic E-state index is 0.226. The van der Waals surface area contributed by atoms with Crippen LogP contribution in [0.1, 0.15) is 52.2 Å². The van der Waals surface area contributed by atoms with Crippen LogP contribution in [0, 0.1) is 5.41 Å². The minimum atomic E-state index is 0.226. The lowest BCUT2D eigenvalue weighted by atomic mass is 9.75. The molecule has 1 aromatic carbocycles. The number of nitrogens with one attached hydrogen (secondary N) is 1. The van der Waals surface area contributed by atoms with Crippen molar-refractivity contribution in [2.75, 3.05) is 19.7 Å². The zero-order valence-corrected chi connectivity index (χ0v) is 14.3. The van der Waals surface area contributed by atoms with E-state index in [1.54, 1.807) is 0 Å². The fraction of sp³-hybridized carbons (Fsp3) is 0.684. The summed E-state index contributed by atoms with van der Waals surface area (Å²) < 4.78 is 5.88. The van der Waals surface area contributed by atoms with Crippen LogP contribution >= 0.6 is 0 Å². The summed E-state index contributed by atoms with van der Waals surface area (Å²) in [5, 5.41) is 3.54. The Morgan fingerprint density at radius 2 is 1.90 bits per heavy atom. The molecule has 118 valence electrons. The summed E-state index contributed by atoms with van der Waals surface area (Å²) in [6.45, 7) is 14.2. The summed E-state index contributed by atoms with van der Waals surface area (Å²) in [4.78, 5) is 0. The molecule has 0 saturated carbocycles. The van der Waals surface area contributed by atoms with Crippen LogP contribution in [0.15, 0.2) is 24.3 Å². The highest BCUT2D eigenvalue weighted by atomic mass is 16.5. The summed E-state index contributed by atoms with van der Waals surface area (Å²) in [5.41, 5.74) is 3.31. The molecule has 21 heavy (non-hydrogen) atoms. The average molecular weight is 289 g/mol. The summed E-state index contributed by atoms with van der Waals surface area (Å²) >= 11 is 0. The van der Waals surface area contributed by atoms with Crippen LogP contribution in [-0.4, -0.2) is 25.8 Å². The van der Waals surface area contributed by atoms with E-state index in [9.17, 15) is 0 Å². The Bertz CT molecular complexity index is 446. The van der Waals surface area contributed by atoms with Gasteiger partial charge >= 0.3 is 0 Å². The molecular weight excluding hydrogens is 258 g/mol. The Hall–Kier alpha value is -0.860. The second kappa shape index (κ2) is 6.50. The number of hydrogen-bond acceptors (Lipinski definition) is 2. The van der Waals surface area contributed by atoms with Gasteiger partial charge in [0.1, 0.15) is 0 Å². The van der Waals surface area contributed by atoms with E-state index in [4.69, 9.17) is 4.74 Å². The number of ether oxygens (including phenoxy) is 1. The fourth-order valence-electron chi connectivity index (χ4n) is 3.25. The Morgan fingerprint density at radius 3 is 2.38 bits per heavy atom. The van der Waals surface area contributed by atoms with Crippen LogP contribution < -0.4 is 5.32 Å². The number of rotatable bonds is 5. The van der Waals surface area contributed by atoms with Gasteiger partial charge in [-0.3, -0.25) is 0 Å². The van der Waals surface area contributed by atoms with Crippen LogP contribution in [0.4, 0.5) is 0 Å². The quantitative estimate of drug-likeness (QED) is 0.886. The van der Waals surface area contributed by atoms with E-state index in [0.29, 0.717) is 6.10 Å². The molecule has 1 fully saturated rings. The van der Waals surface area contributed by atoms with Gasteiger partial charge in [-0.1, -0.05) is 52.0 Å². The van der Waals surface area contributed by atoms with Crippen molar-refractivity contribution in [3.05, 3.63) is 35.4 Å². The van der Waals surface area contributed by atoms with Crippen molar-refractivity contribution < 1.29 is 4.74 Å². The predicted octanol–water partition coefficient (Wildman–Crippen LogP) is 3.93. The van der Waals surface area contributed by atoms with Crippen LogP contribution in [0.3, 0.4) is 0 Å². The largest absolute Gasteiger partial charge is 0.378 e. The van der Waals surface area contributed by atoms with Crippen LogP contribution in [-0.2, 0) is 16.6 Å². The van der Waals surface area contributed by atoms with E-state index in [1.807, 2.05) is 0 Å². The third-order valence-corrected chi connectivity index (χ3v) is 4.93. The molecule has 2 rings (SSSR count). The standard InChI is InChI=1S/C19H31NO/c1-6-20-14-19(11-12-21-15(19)2)13-16-7-9-17(10-8-16)18(3,4)5/h7-10,15,20H,6,11-14H2,1-5H3. The Labute approximate surface area is 130 Å². The number of hydrogen-bond donors (Lipinski definition) is 1. The van der Waals surface area contributed by atoms with Crippen molar-refractivity contribution in [1.82, 2.24) is 5.32 Å². The normalized spacial score (nSPS) is 26.2. The molecule has 2 heteroatoms. The molecule has 1 aliphatic rings. The van der Waals surface area contributed by atoms with E-state index >= 15 is 0 Å². The van der Waals surface area contributed by atoms with Crippen molar-refractivity contribution in [1.29, 1.82) is 0 Å². The van der Waals surface area contributed by atoms with Gasteiger partial charge in [0.05, 0.1) is 6.10 Å². The first-order valence-corrected chi connectivity index (χ1v) is 8.29. The van der Waals surface area contributed by atoms with E-state index in [0.717, 1.165) is 32.5 Å². The van der Waals surface area contributed by atoms with E-state index < -0.39 is 0 Å². The third kappa shape index (κ3) is 3.87. The first-order chi connectivity index (χ1) is 9.87. The summed E-state index contributed by atoms with van der Waals surface area (Å²) in [6, 6.07) is 9.19. The minimum Gasteiger partial charge on any atom is -0.378 e. The molecule has 0 amide bonds. The van der Waals surface area contributed by atoms with E-state index in [-0.39, 0.29) is 10.8 Å². The Morgan fingerprint density at radius 1 is 1.24 bits per heavy atom. The van der Waals surface area contributed by atoms with Crippen molar-refractivity contribution in [2.45, 2.75) is 59.0 Å². The van der Waals surface area contributed by atoms with Gasteiger partial charge in [0.15, 0.2) is 0 Å². The SMILES string of the molecule is CCNCC1(Cc2ccc(C(C)(C)C)cc2)CCOC1C. The lowest BCUT2D eigenvalue weighted by Gasteiger charge is -2.33. The lowest BCUT2D eigenvalue weighted by molar-refractivity contribution is 0.0633. The first-order valence-electron chi connectivity index (χ1n) is 8.29. The van der Waals surface area contributed by atoms with Gasteiger partial charge in [0.2, 0.25) is 0 Å². The van der Waals surface area contributed by atoms with Crippen molar-refractivity contribution in [2.24, 2.45) is 5.41 Å². The lowest BCUT2D eigenvalue weighted by Crippen LogP contribution is -2.41. The maximum absolute atomic E-state index is 5.88. The van der Waals surface area contributed by atoms with Crippen molar-refractivity contribution in [3.63, 3.8) is 0 Å².